The van der Waals surface area contributed by atoms with Crippen LogP contribution in [0.5, 0.6) is 5.75 Å². The average molecular weight is 448 g/mol. The first-order chi connectivity index (χ1) is 15.1. The van der Waals surface area contributed by atoms with Gasteiger partial charge in [-0.15, -0.1) is 0 Å². The quantitative estimate of drug-likeness (QED) is 0.298. The first-order valence-electron chi connectivity index (χ1n) is 11.3. The number of ether oxygens (including phenoxy) is 2. The zero-order chi connectivity index (χ0) is 23.8. The molecule has 0 saturated carbocycles. The molecule has 0 amide bonds. The molecule has 0 bridgehead atoms. The van der Waals surface area contributed by atoms with E-state index < -0.39 is 5.63 Å². The summed E-state index contributed by atoms with van der Waals surface area (Å²) >= 11 is 0. The molecule has 1 heterocycles. The standard InChI is InChI=1S/C25H37NO6/c1-16(2)13-26(14-17(3)4)15-21-24(29)19(7-8-22(27)31-10-9-30-6)12-20-18(5)11-23(28)32-25(20)21/h11-12,16-17,29H,7-10,13-15H2,1-6H3. The van der Waals surface area contributed by atoms with E-state index in [1.807, 2.05) is 13.0 Å². The fraction of sp³-hybridized carbons (Fsp3) is 0.600. The zero-order valence-electron chi connectivity index (χ0n) is 20.2. The Balaban J connectivity index is 2.43. The predicted octanol–water partition coefficient (Wildman–Crippen LogP) is 4.04. The van der Waals surface area contributed by atoms with Crippen LogP contribution in [0.1, 0.15) is 50.8 Å². The van der Waals surface area contributed by atoms with E-state index in [4.69, 9.17) is 13.9 Å². The van der Waals surface area contributed by atoms with Gasteiger partial charge in [0.15, 0.2) is 0 Å². The van der Waals surface area contributed by atoms with E-state index in [2.05, 4.69) is 32.6 Å². The normalized spacial score (nSPS) is 11.8. The van der Waals surface area contributed by atoms with Crippen LogP contribution in [-0.4, -0.2) is 49.4 Å². The molecule has 178 valence electrons. The number of esters is 1. The highest BCUT2D eigenvalue weighted by Gasteiger charge is 2.21. The zero-order valence-corrected chi connectivity index (χ0v) is 20.2. The van der Waals surface area contributed by atoms with E-state index in [0.29, 0.717) is 48.1 Å². The fourth-order valence-electron chi connectivity index (χ4n) is 3.91. The number of carbonyl (C=O) groups is 1. The van der Waals surface area contributed by atoms with Gasteiger partial charge in [-0.1, -0.05) is 27.7 Å². The Morgan fingerprint density at radius 1 is 1.12 bits per heavy atom. The number of hydrogen-bond donors (Lipinski definition) is 1. The summed E-state index contributed by atoms with van der Waals surface area (Å²) in [5.41, 5.74) is 1.98. The maximum absolute atomic E-state index is 12.1. The number of rotatable bonds is 12. The Morgan fingerprint density at radius 3 is 2.38 bits per heavy atom. The van der Waals surface area contributed by atoms with Gasteiger partial charge in [-0.05, 0) is 42.4 Å². The number of nitrogens with zero attached hydrogens (tertiary/aromatic N) is 1. The first kappa shape index (κ1) is 25.9. The molecular formula is C25H37NO6. The number of benzene rings is 1. The molecule has 1 N–H and O–H groups in total. The van der Waals surface area contributed by atoms with Gasteiger partial charge in [0.05, 0.1) is 12.2 Å². The van der Waals surface area contributed by atoms with E-state index in [-0.39, 0.29) is 24.7 Å². The maximum atomic E-state index is 12.1. The molecule has 0 fully saturated rings. The van der Waals surface area contributed by atoms with Crippen molar-refractivity contribution in [3.8, 4) is 5.75 Å². The van der Waals surface area contributed by atoms with Crippen molar-refractivity contribution in [2.45, 2.75) is 54.0 Å². The molecule has 1 aromatic heterocycles. The SMILES string of the molecule is COCCOC(=O)CCc1cc2c(C)cc(=O)oc2c(CN(CC(C)C)CC(C)C)c1O. The summed E-state index contributed by atoms with van der Waals surface area (Å²) in [6.07, 6.45) is 0.466. The van der Waals surface area contributed by atoms with E-state index in [1.54, 1.807) is 7.11 Å². The van der Waals surface area contributed by atoms with Crippen LogP contribution >= 0.6 is 0 Å². The number of fused-ring (bicyclic) bond motifs is 1. The minimum absolute atomic E-state index is 0.0773. The predicted molar refractivity (Wildman–Crippen MR) is 125 cm³/mol. The van der Waals surface area contributed by atoms with Crippen molar-refractivity contribution in [1.29, 1.82) is 0 Å². The topological polar surface area (TPSA) is 89.2 Å². The Labute approximate surface area is 190 Å². The number of carbonyl (C=O) groups excluding carboxylic acids is 1. The number of methoxy groups -OCH3 is 1. The molecule has 2 aromatic rings. The molecule has 32 heavy (non-hydrogen) atoms. The lowest BCUT2D eigenvalue weighted by Gasteiger charge is -2.27. The van der Waals surface area contributed by atoms with Crippen LogP contribution in [-0.2, 0) is 27.2 Å². The number of hydrogen-bond acceptors (Lipinski definition) is 7. The molecule has 0 radical (unpaired) electrons. The Hall–Kier alpha value is -2.38. The molecular weight excluding hydrogens is 410 g/mol. The molecule has 7 heteroatoms. The molecule has 0 aliphatic heterocycles. The van der Waals surface area contributed by atoms with Crippen LogP contribution in [0.3, 0.4) is 0 Å². The number of aromatic hydroxyl groups is 1. The summed E-state index contributed by atoms with van der Waals surface area (Å²) < 4.78 is 15.6. The first-order valence-corrected chi connectivity index (χ1v) is 11.3. The lowest BCUT2D eigenvalue weighted by atomic mass is 9.97. The van der Waals surface area contributed by atoms with Crippen LogP contribution in [0.2, 0.25) is 0 Å². The van der Waals surface area contributed by atoms with Crippen molar-refractivity contribution in [1.82, 2.24) is 4.90 Å². The summed E-state index contributed by atoms with van der Waals surface area (Å²) in [4.78, 5) is 26.4. The molecule has 0 aliphatic carbocycles. The van der Waals surface area contributed by atoms with Crippen molar-refractivity contribution in [3.05, 3.63) is 39.2 Å². The highest BCUT2D eigenvalue weighted by Crippen LogP contribution is 2.34. The van der Waals surface area contributed by atoms with E-state index in [1.165, 1.54) is 6.07 Å². The molecule has 1 aromatic carbocycles. The minimum atomic E-state index is -0.440. The van der Waals surface area contributed by atoms with Crippen LogP contribution < -0.4 is 5.63 Å². The summed E-state index contributed by atoms with van der Waals surface area (Å²) in [5, 5.41) is 11.9. The minimum Gasteiger partial charge on any atom is -0.507 e. The summed E-state index contributed by atoms with van der Waals surface area (Å²) in [7, 11) is 1.55. The molecule has 0 unspecified atom stereocenters. The second kappa shape index (κ2) is 12.0. The van der Waals surface area contributed by atoms with Crippen molar-refractivity contribution < 1.29 is 23.8 Å². The van der Waals surface area contributed by atoms with Crippen molar-refractivity contribution >= 4 is 16.9 Å². The fourth-order valence-corrected chi connectivity index (χ4v) is 3.91. The van der Waals surface area contributed by atoms with Crippen molar-refractivity contribution in [2.24, 2.45) is 11.8 Å². The van der Waals surface area contributed by atoms with Gasteiger partial charge in [-0.2, -0.15) is 0 Å². The Kier molecular flexibility index (Phi) is 9.72. The third-order valence-corrected chi connectivity index (χ3v) is 5.17. The van der Waals surface area contributed by atoms with E-state index >= 15 is 0 Å². The summed E-state index contributed by atoms with van der Waals surface area (Å²) in [5.74, 6) is 0.621. The smallest absolute Gasteiger partial charge is 0.336 e. The second-order valence-electron chi connectivity index (χ2n) is 9.18. The van der Waals surface area contributed by atoms with Crippen LogP contribution in [0, 0.1) is 18.8 Å². The third kappa shape index (κ3) is 7.35. The second-order valence-corrected chi connectivity index (χ2v) is 9.18. The number of aryl methyl sites for hydroxylation is 2. The highest BCUT2D eigenvalue weighted by atomic mass is 16.6. The number of phenols is 1. The van der Waals surface area contributed by atoms with E-state index in [9.17, 15) is 14.7 Å². The highest BCUT2D eigenvalue weighted by molar-refractivity contribution is 5.86. The average Bonchev–Trinajstić information content (AvgIpc) is 2.68. The molecule has 0 atom stereocenters. The van der Waals surface area contributed by atoms with Gasteiger partial charge in [0.2, 0.25) is 0 Å². The molecule has 0 aliphatic rings. The molecule has 0 saturated heterocycles. The number of phenolic OH excluding ortho intramolecular Hbond substituents is 1. The third-order valence-electron chi connectivity index (χ3n) is 5.17. The monoisotopic (exact) mass is 447 g/mol. The van der Waals surface area contributed by atoms with Gasteiger partial charge >= 0.3 is 11.6 Å². The van der Waals surface area contributed by atoms with E-state index in [0.717, 1.165) is 24.0 Å². The molecule has 7 nitrogen and oxygen atoms in total. The van der Waals surface area contributed by atoms with Crippen molar-refractivity contribution in [3.63, 3.8) is 0 Å². The van der Waals surface area contributed by atoms with Gasteiger partial charge in [-0.3, -0.25) is 9.69 Å². The Morgan fingerprint density at radius 2 is 1.78 bits per heavy atom. The summed E-state index contributed by atoms with van der Waals surface area (Å²) in [6.45, 7) is 13.2. The van der Waals surface area contributed by atoms with Crippen LogP contribution in [0.4, 0.5) is 0 Å². The van der Waals surface area contributed by atoms with Gasteiger partial charge < -0.3 is 19.0 Å². The van der Waals surface area contributed by atoms with Crippen LogP contribution in [0.15, 0.2) is 21.3 Å². The van der Waals surface area contributed by atoms with Crippen molar-refractivity contribution in [2.75, 3.05) is 33.4 Å². The lowest BCUT2D eigenvalue weighted by Crippen LogP contribution is -2.31. The van der Waals surface area contributed by atoms with Gasteiger partial charge in [0.25, 0.3) is 0 Å². The van der Waals surface area contributed by atoms with Gasteiger partial charge in [-0.25, -0.2) is 4.79 Å². The largest absolute Gasteiger partial charge is 0.507 e. The van der Waals surface area contributed by atoms with Crippen LogP contribution in [0.25, 0.3) is 11.0 Å². The summed E-state index contributed by atoms with van der Waals surface area (Å²) in [6, 6.07) is 3.26. The molecule has 2 rings (SSSR count). The molecule has 0 spiro atoms. The van der Waals surface area contributed by atoms with Gasteiger partial charge in [0.1, 0.15) is 17.9 Å². The maximum Gasteiger partial charge on any atom is 0.336 e. The Bertz CT molecular complexity index is 953. The van der Waals surface area contributed by atoms with Gasteiger partial charge in [0, 0.05) is 44.6 Å². The lowest BCUT2D eigenvalue weighted by molar-refractivity contribution is -0.144.